The van der Waals surface area contributed by atoms with Gasteiger partial charge in [0, 0.05) is 29.2 Å². The number of benzene rings is 2. The minimum atomic E-state index is -4.86. The van der Waals surface area contributed by atoms with Crippen LogP contribution in [0.15, 0.2) is 35.5 Å². The fourth-order valence-corrected chi connectivity index (χ4v) is 5.32. The lowest BCUT2D eigenvalue weighted by atomic mass is 9.83. The van der Waals surface area contributed by atoms with E-state index in [1.165, 1.54) is 12.1 Å². The molecule has 1 fully saturated rings. The molecule has 1 spiro atoms. The second-order valence-electron chi connectivity index (χ2n) is 10.2. The van der Waals surface area contributed by atoms with Crippen molar-refractivity contribution in [2.75, 3.05) is 13.1 Å². The smallest absolute Gasteiger partial charge is 0.401 e. The van der Waals surface area contributed by atoms with Crippen LogP contribution in [0.4, 0.5) is 17.6 Å². The fraction of sp³-hybridized carbons (Fsp3) is 0.440. The quantitative estimate of drug-likeness (QED) is 0.283. The summed E-state index contributed by atoms with van der Waals surface area (Å²) in [6, 6.07) is 6.64. The monoisotopic (exact) mass is 560 g/mol. The van der Waals surface area contributed by atoms with E-state index in [1.54, 1.807) is 26.8 Å². The molecule has 3 atom stereocenters. The zero-order valence-corrected chi connectivity index (χ0v) is 21.4. The zero-order chi connectivity index (χ0) is 26.9. The first-order chi connectivity index (χ1) is 17.2. The van der Waals surface area contributed by atoms with Crippen LogP contribution in [-0.2, 0) is 24.7 Å². The van der Waals surface area contributed by atoms with Crippen LogP contribution in [0, 0.1) is 11.7 Å². The lowest BCUT2D eigenvalue weighted by molar-refractivity contribution is -0.183. The SMILES string of the molecule is CC(C)(C)OC(=O)[C@H]1OC2(CNC2)c2ccc(C3=NOC(c4cc(Cl)cc(Cl)c4F)C3C(F)(F)F)cc21. The highest BCUT2D eigenvalue weighted by Crippen LogP contribution is 2.50. The van der Waals surface area contributed by atoms with E-state index in [2.05, 4.69) is 10.5 Å². The predicted octanol–water partition coefficient (Wildman–Crippen LogP) is 6.00. The largest absolute Gasteiger partial charge is 0.458 e. The summed E-state index contributed by atoms with van der Waals surface area (Å²) in [5.41, 5.74) is -1.39. The summed E-state index contributed by atoms with van der Waals surface area (Å²) < 4.78 is 69.4. The molecule has 0 aliphatic carbocycles. The Labute approximate surface area is 219 Å². The third-order valence-electron chi connectivity index (χ3n) is 6.45. The number of oxime groups is 1. The van der Waals surface area contributed by atoms with Gasteiger partial charge in [0.1, 0.15) is 28.6 Å². The standard InChI is InChI=1S/C25H22Cl2F4N2O4/c1-23(2,3)36-22(34)21-13-6-11(4-5-15(13)24(35-21)9-32-10-24)19-17(25(29,30)31)20(37-33-19)14-7-12(26)8-16(27)18(14)28/h4-8,17,20-21,32H,9-10H2,1-3H3/t17?,20?,21-/m0/s1. The fourth-order valence-electron chi connectivity index (χ4n) is 4.82. The van der Waals surface area contributed by atoms with E-state index in [0.29, 0.717) is 24.2 Å². The van der Waals surface area contributed by atoms with Crippen molar-refractivity contribution in [3.05, 3.63) is 68.4 Å². The maximum absolute atomic E-state index is 14.7. The van der Waals surface area contributed by atoms with Crippen LogP contribution < -0.4 is 5.32 Å². The molecule has 37 heavy (non-hydrogen) atoms. The number of fused-ring (bicyclic) bond motifs is 2. The van der Waals surface area contributed by atoms with Gasteiger partial charge in [-0.1, -0.05) is 40.5 Å². The van der Waals surface area contributed by atoms with Gasteiger partial charge in [-0.3, -0.25) is 0 Å². The van der Waals surface area contributed by atoms with E-state index in [1.807, 2.05) is 0 Å². The van der Waals surface area contributed by atoms with Crippen molar-refractivity contribution in [2.24, 2.45) is 11.1 Å². The minimum absolute atomic E-state index is 0.0475. The first kappa shape index (κ1) is 26.2. The first-order valence-electron chi connectivity index (χ1n) is 11.4. The van der Waals surface area contributed by atoms with Crippen molar-refractivity contribution in [1.29, 1.82) is 0 Å². The number of carbonyl (C=O) groups is 1. The van der Waals surface area contributed by atoms with Gasteiger partial charge in [-0.25, -0.2) is 9.18 Å². The second-order valence-corrected chi connectivity index (χ2v) is 11.1. The molecule has 0 radical (unpaired) electrons. The van der Waals surface area contributed by atoms with E-state index < -0.39 is 63.6 Å². The summed E-state index contributed by atoms with van der Waals surface area (Å²) in [5, 5.41) is 6.33. The normalized spacial score (nSPS) is 24.4. The Balaban J connectivity index is 1.55. The van der Waals surface area contributed by atoms with Crippen LogP contribution in [0.2, 0.25) is 10.0 Å². The molecule has 1 N–H and O–H groups in total. The number of halogens is 6. The number of nitrogens with one attached hydrogen (secondary N) is 1. The Morgan fingerprint density at radius 2 is 1.84 bits per heavy atom. The molecule has 2 unspecified atom stereocenters. The van der Waals surface area contributed by atoms with Crippen molar-refractivity contribution in [1.82, 2.24) is 5.32 Å². The molecule has 1 saturated heterocycles. The van der Waals surface area contributed by atoms with Gasteiger partial charge in [-0.05, 0) is 50.1 Å². The molecule has 3 aliphatic rings. The number of ether oxygens (including phenoxy) is 2. The third kappa shape index (κ3) is 4.58. The molecule has 2 aromatic rings. The number of carbonyl (C=O) groups excluding carboxylic acids is 1. The summed E-state index contributed by atoms with van der Waals surface area (Å²) in [4.78, 5) is 18.1. The Hall–Kier alpha value is -2.40. The van der Waals surface area contributed by atoms with Crippen LogP contribution in [0.1, 0.15) is 55.2 Å². The highest BCUT2D eigenvalue weighted by Gasteiger charge is 2.56. The van der Waals surface area contributed by atoms with Crippen LogP contribution in [0.5, 0.6) is 0 Å². The number of hydrogen-bond donors (Lipinski definition) is 1. The second kappa shape index (κ2) is 8.83. The summed E-state index contributed by atoms with van der Waals surface area (Å²) in [5.74, 6) is -4.05. The van der Waals surface area contributed by atoms with Crippen LogP contribution in [-0.4, -0.2) is 36.5 Å². The molecule has 0 saturated carbocycles. The number of rotatable bonds is 3. The average molecular weight is 561 g/mol. The van der Waals surface area contributed by atoms with Gasteiger partial charge in [0.2, 0.25) is 0 Å². The summed E-state index contributed by atoms with van der Waals surface area (Å²) >= 11 is 11.7. The topological polar surface area (TPSA) is 69.2 Å². The lowest BCUT2D eigenvalue weighted by Gasteiger charge is -2.39. The number of esters is 1. The Bertz CT molecular complexity index is 1300. The van der Waals surface area contributed by atoms with Gasteiger partial charge in [0.25, 0.3) is 0 Å². The molecule has 6 nitrogen and oxygen atoms in total. The third-order valence-corrected chi connectivity index (χ3v) is 6.94. The van der Waals surface area contributed by atoms with E-state index in [9.17, 15) is 22.4 Å². The van der Waals surface area contributed by atoms with Gasteiger partial charge < -0.3 is 19.6 Å². The van der Waals surface area contributed by atoms with Crippen molar-refractivity contribution >= 4 is 34.9 Å². The van der Waals surface area contributed by atoms with Crippen molar-refractivity contribution in [3.63, 3.8) is 0 Å². The van der Waals surface area contributed by atoms with Crippen molar-refractivity contribution in [3.8, 4) is 0 Å². The van der Waals surface area contributed by atoms with E-state index in [0.717, 1.165) is 12.1 Å². The maximum atomic E-state index is 14.7. The molecule has 3 heterocycles. The Kier molecular flexibility index (Phi) is 6.26. The Morgan fingerprint density at radius 1 is 1.14 bits per heavy atom. The van der Waals surface area contributed by atoms with Crippen LogP contribution in [0.25, 0.3) is 0 Å². The summed E-state index contributed by atoms with van der Waals surface area (Å²) in [7, 11) is 0. The van der Waals surface area contributed by atoms with Gasteiger partial charge in [-0.15, -0.1) is 0 Å². The molecule has 12 heteroatoms. The average Bonchev–Trinajstić information content (AvgIpc) is 3.34. The van der Waals surface area contributed by atoms with Gasteiger partial charge in [0.15, 0.2) is 12.2 Å². The zero-order valence-electron chi connectivity index (χ0n) is 19.9. The molecule has 0 amide bonds. The number of hydrogen-bond acceptors (Lipinski definition) is 6. The summed E-state index contributed by atoms with van der Waals surface area (Å²) in [6.07, 6.45) is -7.84. The number of nitrogens with zero attached hydrogens (tertiary/aromatic N) is 1. The predicted molar refractivity (Wildman–Crippen MR) is 127 cm³/mol. The summed E-state index contributed by atoms with van der Waals surface area (Å²) in [6.45, 7) is 5.99. The van der Waals surface area contributed by atoms with Crippen molar-refractivity contribution < 1.29 is 36.7 Å². The van der Waals surface area contributed by atoms with E-state index in [-0.39, 0.29) is 10.6 Å². The maximum Gasteiger partial charge on any atom is 0.401 e. The molecule has 198 valence electrons. The van der Waals surface area contributed by atoms with Gasteiger partial charge in [0.05, 0.1) is 5.02 Å². The van der Waals surface area contributed by atoms with E-state index in [4.69, 9.17) is 37.5 Å². The van der Waals surface area contributed by atoms with Crippen molar-refractivity contribution in [2.45, 2.75) is 50.4 Å². The van der Waals surface area contributed by atoms with Crippen LogP contribution >= 0.6 is 23.2 Å². The van der Waals surface area contributed by atoms with Crippen LogP contribution in [0.3, 0.4) is 0 Å². The molecule has 0 aromatic heterocycles. The number of alkyl halides is 3. The van der Waals surface area contributed by atoms with Gasteiger partial charge >= 0.3 is 12.1 Å². The first-order valence-corrected chi connectivity index (χ1v) is 12.2. The molecule has 0 bridgehead atoms. The molecular weight excluding hydrogens is 539 g/mol. The van der Waals surface area contributed by atoms with E-state index >= 15 is 0 Å². The lowest BCUT2D eigenvalue weighted by Crippen LogP contribution is -2.57. The highest BCUT2D eigenvalue weighted by molar-refractivity contribution is 6.34. The Morgan fingerprint density at radius 3 is 2.43 bits per heavy atom. The highest BCUT2D eigenvalue weighted by atomic mass is 35.5. The molecule has 3 aliphatic heterocycles. The molecular formula is C25H22Cl2F4N2O4. The van der Waals surface area contributed by atoms with Gasteiger partial charge in [-0.2, -0.15) is 13.2 Å². The molecule has 5 rings (SSSR count). The minimum Gasteiger partial charge on any atom is -0.458 e. The molecule has 2 aromatic carbocycles.